The molecule has 2 rings (SSSR count). The van der Waals surface area contributed by atoms with Gasteiger partial charge in [0.15, 0.2) is 0 Å². The van der Waals surface area contributed by atoms with Crippen LogP contribution in [0.15, 0.2) is 23.1 Å². The minimum absolute atomic E-state index is 0.0456. The van der Waals surface area contributed by atoms with Crippen LogP contribution in [0.3, 0.4) is 0 Å². The number of nitrogens with one attached hydrogen (secondary N) is 2. The first-order chi connectivity index (χ1) is 15.5. The number of amides is 1. The molecule has 0 radical (unpaired) electrons. The van der Waals surface area contributed by atoms with Gasteiger partial charge in [-0.25, -0.2) is 13.2 Å². The van der Waals surface area contributed by atoms with Gasteiger partial charge in [0.2, 0.25) is 10.0 Å². The van der Waals surface area contributed by atoms with Crippen LogP contribution in [0.25, 0.3) is 0 Å². The quantitative estimate of drug-likeness (QED) is 0.500. The van der Waals surface area contributed by atoms with E-state index >= 15 is 0 Å². The lowest BCUT2D eigenvalue weighted by Gasteiger charge is -2.20. The second kappa shape index (κ2) is 10.8. The molecule has 1 aromatic heterocycles. The molecule has 0 saturated heterocycles. The van der Waals surface area contributed by atoms with E-state index < -0.39 is 21.9 Å². The number of carbonyl (C=O) groups is 2. The predicted molar refractivity (Wildman–Crippen MR) is 126 cm³/mol. The molecule has 0 unspecified atom stereocenters. The van der Waals surface area contributed by atoms with Crippen LogP contribution in [-0.2, 0) is 14.8 Å². The number of aromatic nitrogens is 1. The summed E-state index contributed by atoms with van der Waals surface area (Å²) in [6, 6.07) is 4.38. The van der Waals surface area contributed by atoms with E-state index in [4.69, 9.17) is 9.47 Å². The van der Waals surface area contributed by atoms with E-state index in [1.807, 2.05) is 13.8 Å². The molecule has 0 atom stereocenters. The Bertz CT molecular complexity index is 1120. The summed E-state index contributed by atoms with van der Waals surface area (Å²) in [6.45, 7) is 13.1. The van der Waals surface area contributed by atoms with Crippen LogP contribution in [0.2, 0.25) is 0 Å². The lowest BCUT2D eigenvalue weighted by Crippen LogP contribution is -2.30. The SMILES string of the molecule is CCOC(=O)c1c(C)[nH]c(C(=O)Nc2cc(S(=O)(=O)N(CC)CC)ccc2OC(C)C)c1C. The molecule has 0 fully saturated rings. The largest absolute Gasteiger partial charge is 0.489 e. The summed E-state index contributed by atoms with van der Waals surface area (Å²) in [7, 11) is -3.74. The van der Waals surface area contributed by atoms with Gasteiger partial charge in [0.05, 0.1) is 28.9 Å². The van der Waals surface area contributed by atoms with Crippen molar-refractivity contribution in [3.8, 4) is 5.75 Å². The van der Waals surface area contributed by atoms with Crippen molar-refractivity contribution in [2.45, 2.75) is 59.5 Å². The Morgan fingerprint density at radius 3 is 2.30 bits per heavy atom. The van der Waals surface area contributed by atoms with Crippen LogP contribution in [0.1, 0.15) is 66.7 Å². The number of aromatic amines is 1. The number of hydrogen-bond acceptors (Lipinski definition) is 6. The molecule has 1 heterocycles. The third-order valence-corrected chi connectivity index (χ3v) is 7.10. The van der Waals surface area contributed by atoms with Crippen LogP contribution in [0.4, 0.5) is 5.69 Å². The lowest BCUT2D eigenvalue weighted by atomic mass is 10.1. The highest BCUT2D eigenvalue weighted by atomic mass is 32.2. The number of aryl methyl sites for hydroxylation is 1. The minimum atomic E-state index is -3.74. The molecule has 10 heteroatoms. The molecule has 0 saturated carbocycles. The summed E-state index contributed by atoms with van der Waals surface area (Å²) in [4.78, 5) is 28.4. The van der Waals surface area contributed by atoms with Gasteiger partial charge < -0.3 is 19.8 Å². The van der Waals surface area contributed by atoms with Crippen molar-refractivity contribution in [1.82, 2.24) is 9.29 Å². The second-order valence-corrected chi connectivity index (χ2v) is 9.65. The Labute approximate surface area is 195 Å². The van der Waals surface area contributed by atoms with Crippen molar-refractivity contribution < 1.29 is 27.5 Å². The number of H-pyrrole nitrogens is 1. The zero-order valence-electron chi connectivity index (χ0n) is 20.2. The number of anilines is 1. The number of sulfonamides is 1. The summed E-state index contributed by atoms with van der Waals surface area (Å²) >= 11 is 0. The highest BCUT2D eigenvalue weighted by molar-refractivity contribution is 7.89. The molecule has 0 bridgehead atoms. The zero-order chi connectivity index (χ0) is 24.9. The van der Waals surface area contributed by atoms with Crippen LogP contribution in [0, 0.1) is 13.8 Å². The second-order valence-electron chi connectivity index (χ2n) is 7.71. The van der Waals surface area contributed by atoms with Crippen LogP contribution >= 0.6 is 0 Å². The molecule has 2 N–H and O–H groups in total. The van der Waals surface area contributed by atoms with Crippen molar-refractivity contribution >= 4 is 27.6 Å². The monoisotopic (exact) mass is 479 g/mol. The summed E-state index contributed by atoms with van der Waals surface area (Å²) in [5, 5.41) is 2.74. The van der Waals surface area contributed by atoms with Crippen LogP contribution in [-0.4, -0.2) is 55.4 Å². The van der Waals surface area contributed by atoms with E-state index in [1.165, 1.54) is 22.5 Å². The molecule has 2 aromatic rings. The molecule has 1 amide bonds. The summed E-state index contributed by atoms with van der Waals surface area (Å²) in [5.41, 5.74) is 1.65. The standard InChI is InChI=1S/C23H33N3O6S/c1-8-26(9-2)33(29,30)17-11-12-19(32-14(4)5)18(13-17)25-22(27)21-15(6)20(16(7)24-21)23(28)31-10-3/h11-14,24H,8-10H2,1-7H3,(H,25,27). The first kappa shape index (κ1) is 26.4. The molecular weight excluding hydrogens is 446 g/mol. The van der Waals surface area contributed by atoms with Gasteiger partial charge in [-0.05, 0) is 58.4 Å². The number of carbonyl (C=O) groups excluding carboxylic acids is 2. The van der Waals surface area contributed by atoms with E-state index in [-0.39, 0.29) is 29.0 Å². The highest BCUT2D eigenvalue weighted by Crippen LogP contribution is 2.31. The Morgan fingerprint density at radius 1 is 1.12 bits per heavy atom. The smallest absolute Gasteiger partial charge is 0.340 e. The summed E-state index contributed by atoms with van der Waals surface area (Å²) in [6.07, 6.45) is -0.198. The first-order valence-electron chi connectivity index (χ1n) is 11.0. The third-order valence-electron chi connectivity index (χ3n) is 5.05. The van der Waals surface area contributed by atoms with Crippen molar-refractivity contribution in [2.75, 3.05) is 25.0 Å². The molecule has 0 spiro atoms. The number of rotatable bonds is 10. The topological polar surface area (TPSA) is 118 Å². The van der Waals surface area contributed by atoms with E-state index in [0.29, 0.717) is 35.7 Å². The average Bonchev–Trinajstić information content (AvgIpc) is 3.03. The van der Waals surface area contributed by atoms with Crippen molar-refractivity contribution in [1.29, 1.82) is 0 Å². The van der Waals surface area contributed by atoms with Crippen molar-refractivity contribution in [3.63, 3.8) is 0 Å². The molecular formula is C23H33N3O6S. The van der Waals surface area contributed by atoms with E-state index in [9.17, 15) is 18.0 Å². The van der Waals surface area contributed by atoms with Gasteiger partial charge in [-0.3, -0.25) is 4.79 Å². The molecule has 9 nitrogen and oxygen atoms in total. The lowest BCUT2D eigenvalue weighted by molar-refractivity contribution is 0.0525. The Kier molecular flexibility index (Phi) is 8.68. The predicted octanol–water partition coefficient (Wildman–Crippen LogP) is 3.88. The highest BCUT2D eigenvalue weighted by Gasteiger charge is 2.26. The Morgan fingerprint density at radius 2 is 1.76 bits per heavy atom. The number of benzene rings is 1. The number of nitrogens with zero attached hydrogens (tertiary/aromatic N) is 1. The van der Waals surface area contributed by atoms with Gasteiger partial charge >= 0.3 is 5.97 Å². The van der Waals surface area contributed by atoms with E-state index in [0.717, 1.165) is 0 Å². The summed E-state index contributed by atoms with van der Waals surface area (Å²) in [5.74, 6) is -0.709. The first-order valence-corrected chi connectivity index (χ1v) is 12.4. The van der Waals surface area contributed by atoms with Gasteiger partial charge in [0, 0.05) is 18.8 Å². The fraction of sp³-hybridized carbons (Fsp3) is 0.478. The number of hydrogen-bond donors (Lipinski definition) is 2. The normalized spacial score (nSPS) is 11.7. The molecule has 1 aromatic carbocycles. The van der Waals surface area contributed by atoms with Crippen LogP contribution < -0.4 is 10.1 Å². The van der Waals surface area contributed by atoms with Gasteiger partial charge in [-0.15, -0.1) is 0 Å². The molecule has 0 aliphatic heterocycles. The maximum Gasteiger partial charge on any atom is 0.340 e. The average molecular weight is 480 g/mol. The Balaban J connectivity index is 2.50. The Hall–Kier alpha value is -2.85. The van der Waals surface area contributed by atoms with Gasteiger partial charge in [-0.1, -0.05) is 13.8 Å². The fourth-order valence-electron chi connectivity index (χ4n) is 3.51. The van der Waals surface area contributed by atoms with Gasteiger partial charge in [0.1, 0.15) is 11.4 Å². The minimum Gasteiger partial charge on any atom is -0.489 e. The third kappa shape index (κ3) is 5.75. The molecule has 182 valence electrons. The molecule has 33 heavy (non-hydrogen) atoms. The number of ether oxygens (including phenoxy) is 2. The number of esters is 1. The van der Waals surface area contributed by atoms with E-state index in [2.05, 4.69) is 10.3 Å². The van der Waals surface area contributed by atoms with Gasteiger partial charge in [0.25, 0.3) is 5.91 Å². The van der Waals surface area contributed by atoms with Crippen molar-refractivity contribution in [2.24, 2.45) is 0 Å². The van der Waals surface area contributed by atoms with Crippen molar-refractivity contribution in [3.05, 3.63) is 40.7 Å². The maximum absolute atomic E-state index is 13.1. The molecule has 0 aliphatic rings. The maximum atomic E-state index is 13.1. The fourth-order valence-corrected chi connectivity index (χ4v) is 4.99. The molecule has 0 aliphatic carbocycles. The summed E-state index contributed by atoms with van der Waals surface area (Å²) < 4.78 is 38.2. The van der Waals surface area contributed by atoms with Crippen LogP contribution in [0.5, 0.6) is 5.75 Å². The zero-order valence-corrected chi connectivity index (χ0v) is 21.1. The van der Waals surface area contributed by atoms with Gasteiger partial charge in [-0.2, -0.15) is 4.31 Å². The van der Waals surface area contributed by atoms with E-state index in [1.54, 1.807) is 34.6 Å².